The van der Waals surface area contributed by atoms with E-state index in [-0.39, 0.29) is 24.3 Å². The molecular formula is C24H23Cl2N5O2. The number of anilines is 1. The van der Waals surface area contributed by atoms with Gasteiger partial charge < -0.3 is 16.0 Å². The van der Waals surface area contributed by atoms with Gasteiger partial charge in [0, 0.05) is 40.5 Å². The number of aromatic nitrogens is 2. The molecule has 2 unspecified atom stereocenters. The van der Waals surface area contributed by atoms with Gasteiger partial charge in [-0.25, -0.2) is 9.97 Å². The minimum absolute atomic E-state index is 0.0209. The predicted octanol–water partition coefficient (Wildman–Crippen LogP) is 4.29. The average Bonchev–Trinajstić information content (AvgIpc) is 3.04. The fraction of sp³-hybridized carbons (Fsp3) is 0.250. The van der Waals surface area contributed by atoms with Crippen LogP contribution in [0.1, 0.15) is 51.8 Å². The number of aryl methyl sites for hydroxylation is 1. The maximum Gasteiger partial charge on any atom is 0.255 e. The molecule has 33 heavy (non-hydrogen) atoms. The van der Waals surface area contributed by atoms with Crippen molar-refractivity contribution in [2.75, 3.05) is 12.3 Å². The van der Waals surface area contributed by atoms with Crippen molar-refractivity contribution in [1.82, 2.24) is 20.2 Å². The van der Waals surface area contributed by atoms with Crippen molar-refractivity contribution >= 4 is 40.8 Å². The van der Waals surface area contributed by atoms with E-state index in [0.717, 1.165) is 5.56 Å². The van der Waals surface area contributed by atoms with Crippen molar-refractivity contribution < 1.29 is 9.59 Å². The summed E-state index contributed by atoms with van der Waals surface area (Å²) in [4.78, 5) is 36.4. The number of carbonyl (C=O) groups excluding carboxylic acids is 2. The molecule has 170 valence electrons. The summed E-state index contributed by atoms with van der Waals surface area (Å²) >= 11 is 12.2. The van der Waals surface area contributed by atoms with Gasteiger partial charge in [0.1, 0.15) is 17.7 Å². The van der Waals surface area contributed by atoms with E-state index < -0.39 is 6.04 Å². The van der Waals surface area contributed by atoms with E-state index in [1.807, 2.05) is 31.2 Å². The Labute approximate surface area is 201 Å². The highest BCUT2D eigenvalue weighted by Gasteiger charge is 2.41. The molecule has 2 aromatic carbocycles. The van der Waals surface area contributed by atoms with Gasteiger partial charge in [-0.2, -0.15) is 0 Å². The molecule has 0 saturated carbocycles. The van der Waals surface area contributed by atoms with Crippen LogP contribution in [0, 0.1) is 6.92 Å². The molecule has 0 saturated heterocycles. The van der Waals surface area contributed by atoms with Crippen molar-refractivity contribution in [3.05, 3.63) is 86.8 Å². The lowest BCUT2D eigenvalue weighted by molar-refractivity contribution is -0.125. The van der Waals surface area contributed by atoms with Crippen LogP contribution >= 0.6 is 23.2 Å². The van der Waals surface area contributed by atoms with Gasteiger partial charge in [-0.15, -0.1) is 0 Å². The number of nitrogens with zero attached hydrogens (tertiary/aromatic N) is 3. The molecule has 1 aromatic heterocycles. The Balaban J connectivity index is 1.60. The van der Waals surface area contributed by atoms with Crippen LogP contribution in [0.5, 0.6) is 0 Å². The Kier molecular flexibility index (Phi) is 6.54. The number of hydrogen-bond donors (Lipinski definition) is 2. The maximum atomic E-state index is 13.3. The molecule has 0 spiro atoms. The van der Waals surface area contributed by atoms with E-state index in [9.17, 15) is 9.59 Å². The third kappa shape index (κ3) is 4.79. The number of amides is 2. The second-order valence-electron chi connectivity index (χ2n) is 8.09. The largest absolute Gasteiger partial charge is 0.383 e. The lowest BCUT2D eigenvalue weighted by Gasteiger charge is -2.28. The van der Waals surface area contributed by atoms with Gasteiger partial charge in [0.2, 0.25) is 5.91 Å². The van der Waals surface area contributed by atoms with E-state index in [4.69, 9.17) is 28.9 Å². The van der Waals surface area contributed by atoms with Crippen molar-refractivity contribution in [2.24, 2.45) is 0 Å². The zero-order valence-corrected chi connectivity index (χ0v) is 19.7. The normalized spacial score (nSPS) is 15.9. The molecule has 1 aliphatic rings. The van der Waals surface area contributed by atoms with Gasteiger partial charge in [0.15, 0.2) is 0 Å². The van der Waals surface area contributed by atoms with Crippen LogP contribution < -0.4 is 11.1 Å². The highest BCUT2D eigenvalue weighted by atomic mass is 35.5. The molecule has 4 rings (SSSR count). The van der Waals surface area contributed by atoms with Gasteiger partial charge in [-0.1, -0.05) is 42.3 Å². The quantitative estimate of drug-likeness (QED) is 0.544. The Hall–Kier alpha value is -3.16. The van der Waals surface area contributed by atoms with Crippen molar-refractivity contribution in [2.45, 2.75) is 32.4 Å². The first kappa shape index (κ1) is 23.0. The van der Waals surface area contributed by atoms with E-state index >= 15 is 0 Å². The molecule has 3 aromatic rings. The summed E-state index contributed by atoms with van der Waals surface area (Å²) in [5.74, 6) is 0.303. The molecule has 0 aliphatic carbocycles. The predicted molar refractivity (Wildman–Crippen MR) is 128 cm³/mol. The number of hydrogen-bond acceptors (Lipinski definition) is 5. The monoisotopic (exact) mass is 483 g/mol. The van der Waals surface area contributed by atoms with Crippen molar-refractivity contribution in [3.8, 4) is 0 Å². The smallest absolute Gasteiger partial charge is 0.255 e. The summed E-state index contributed by atoms with van der Waals surface area (Å²) in [6, 6.07) is 11.7. The number of rotatable bonds is 6. The number of carbonyl (C=O) groups is 2. The number of halogens is 2. The molecule has 1 aliphatic heterocycles. The summed E-state index contributed by atoms with van der Waals surface area (Å²) in [5, 5.41) is 3.98. The summed E-state index contributed by atoms with van der Waals surface area (Å²) in [6.45, 7) is 4.24. The minimum Gasteiger partial charge on any atom is -0.383 e. The molecule has 2 heterocycles. The Morgan fingerprint density at radius 1 is 1.18 bits per heavy atom. The summed E-state index contributed by atoms with van der Waals surface area (Å²) in [6.07, 6.45) is 1.59. The van der Waals surface area contributed by atoms with Crippen LogP contribution in [0.15, 0.2) is 48.7 Å². The van der Waals surface area contributed by atoms with Crippen LogP contribution in [0.2, 0.25) is 10.0 Å². The summed E-state index contributed by atoms with van der Waals surface area (Å²) in [7, 11) is 0. The molecule has 0 fully saturated rings. The first-order chi connectivity index (χ1) is 15.7. The highest BCUT2D eigenvalue weighted by molar-refractivity contribution is 6.31. The molecule has 9 heteroatoms. The molecule has 0 bridgehead atoms. The zero-order valence-electron chi connectivity index (χ0n) is 18.2. The first-order valence-electron chi connectivity index (χ1n) is 10.5. The SMILES string of the molecule is Cc1ncc(CNC(=O)C2c3cc(Cl)ccc3C(=O)N2CC(C)c2ccc(Cl)cc2)c(N)n1. The molecule has 3 N–H and O–H groups in total. The van der Waals surface area contributed by atoms with Gasteiger partial charge in [0.25, 0.3) is 5.91 Å². The topological polar surface area (TPSA) is 101 Å². The molecule has 2 atom stereocenters. The Bertz CT molecular complexity index is 1220. The van der Waals surface area contributed by atoms with Crippen molar-refractivity contribution in [3.63, 3.8) is 0 Å². The molecule has 7 nitrogen and oxygen atoms in total. The lowest BCUT2D eigenvalue weighted by atomic mass is 9.99. The third-order valence-corrected chi connectivity index (χ3v) is 6.23. The van der Waals surface area contributed by atoms with E-state index in [2.05, 4.69) is 15.3 Å². The number of nitrogens with two attached hydrogens (primary N) is 1. The number of benzene rings is 2. The minimum atomic E-state index is -0.812. The number of nitrogen functional groups attached to an aromatic ring is 1. The molecule has 2 amide bonds. The fourth-order valence-corrected chi connectivity index (χ4v) is 4.29. The number of nitrogens with one attached hydrogen (secondary N) is 1. The van der Waals surface area contributed by atoms with Gasteiger partial charge >= 0.3 is 0 Å². The lowest BCUT2D eigenvalue weighted by Crippen LogP contribution is -2.40. The Morgan fingerprint density at radius 3 is 2.58 bits per heavy atom. The second-order valence-corrected chi connectivity index (χ2v) is 8.96. The van der Waals surface area contributed by atoms with Gasteiger partial charge in [-0.3, -0.25) is 9.59 Å². The number of fused-ring (bicyclic) bond motifs is 1. The molecular weight excluding hydrogens is 461 g/mol. The van der Waals surface area contributed by atoms with Crippen LogP contribution in [-0.2, 0) is 11.3 Å². The zero-order chi connectivity index (χ0) is 23.7. The van der Waals surface area contributed by atoms with Crippen LogP contribution in [0.4, 0.5) is 5.82 Å². The fourth-order valence-electron chi connectivity index (χ4n) is 3.98. The van der Waals surface area contributed by atoms with Crippen LogP contribution in [-0.4, -0.2) is 33.2 Å². The standard InChI is InChI=1S/C24H23Cl2N5O2/c1-13(15-3-5-17(25)6-4-15)12-31-21(20-9-18(26)7-8-19(20)24(31)33)23(32)29-11-16-10-28-14(2)30-22(16)27/h3-10,13,21H,11-12H2,1-2H3,(H,29,32)(H2,27,28,30). The van der Waals surface area contributed by atoms with E-state index in [1.54, 1.807) is 36.2 Å². The van der Waals surface area contributed by atoms with Crippen molar-refractivity contribution in [1.29, 1.82) is 0 Å². The molecule has 0 radical (unpaired) electrons. The highest BCUT2D eigenvalue weighted by Crippen LogP contribution is 2.37. The van der Waals surface area contributed by atoms with Gasteiger partial charge in [-0.05, 0) is 54.3 Å². The Morgan fingerprint density at radius 2 is 1.88 bits per heavy atom. The summed E-state index contributed by atoms with van der Waals surface area (Å²) in [5.41, 5.74) is 8.63. The van der Waals surface area contributed by atoms with Crippen LogP contribution in [0.25, 0.3) is 0 Å². The van der Waals surface area contributed by atoms with E-state index in [0.29, 0.717) is 44.9 Å². The average molecular weight is 484 g/mol. The van der Waals surface area contributed by atoms with Gasteiger partial charge in [0.05, 0.1) is 0 Å². The maximum absolute atomic E-state index is 13.3. The first-order valence-corrected chi connectivity index (χ1v) is 11.2. The summed E-state index contributed by atoms with van der Waals surface area (Å²) < 4.78 is 0. The van der Waals surface area contributed by atoms with E-state index in [1.165, 1.54) is 0 Å². The third-order valence-electron chi connectivity index (χ3n) is 5.74. The second kappa shape index (κ2) is 9.37. The van der Waals surface area contributed by atoms with Crippen LogP contribution in [0.3, 0.4) is 0 Å².